The summed E-state index contributed by atoms with van der Waals surface area (Å²) in [5.41, 5.74) is 3.68. The second-order valence-electron chi connectivity index (χ2n) is 7.63. The molecule has 0 bridgehead atoms. The molecule has 0 aliphatic carbocycles. The van der Waals surface area contributed by atoms with Crippen molar-refractivity contribution in [2.45, 2.75) is 39.2 Å². The van der Waals surface area contributed by atoms with Crippen LogP contribution in [0.15, 0.2) is 41.2 Å². The Bertz CT molecular complexity index is 980. The van der Waals surface area contributed by atoms with Crippen LogP contribution >= 0.6 is 0 Å². The van der Waals surface area contributed by atoms with Gasteiger partial charge in [0.25, 0.3) is 5.91 Å². The summed E-state index contributed by atoms with van der Waals surface area (Å²) in [4.78, 5) is 14.9. The molecule has 1 amide bonds. The highest BCUT2D eigenvalue weighted by atomic mass is 16.5. The molecule has 1 aromatic carbocycles. The van der Waals surface area contributed by atoms with Crippen LogP contribution in [0.4, 0.5) is 0 Å². The van der Waals surface area contributed by atoms with E-state index >= 15 is 0 Å². The molecule has 0 unspecified atom stereocenters. The van der Waals surface area contributed by atoms with Gasteiger partial charge >= 0.3 is 0 Å². The molecule has 2 aromatic heterocycles. The molecule has 0 saturated carbocycles. The maximum absolute atomic E-state index is 13.0. The second kappa shape index (κ2) is 8.11. The zero-order chi connectivity index (χ0) is 20.4. The van der Waals surface area contributed by atoms with Crippen molar-refractivity contribution in [3.05, 3.63) is 64.8 Å². The molecular formula is C22H26N4O3. The van der Waals surface area contributed by atoms with Gasteiger partial charge in [-0.25, -0.2) is 0 Å². The molecule has 3 heterocycles. The van der Waals surface area contributed by atoms with Crippen molar-refractivity contribution in [2.75, 3.05) is 13.1 Å². The van der Waals surface area contributed by atoms with Gasteiger partial charge in [0.1, 0.15) is 18.1 Å². The summed E-state index contributed by atoms with van der Waals surface area (Å²) in [6.45, 7) is 5.64. The number of rotatable bonds is 5. The van der Waals surface area contributed by atoms with Gasteiger partial charge in [-0.05, 0) is 56.4 Å². The fraction of sp³-hybridized carbons (Fsp3) is 0.409. The molecule has 1 saturated heterocycles. The van der Waals surface area contributed by atoms with Crippen molar-refractivity contribution in [1.82, 2.24) is 19.8 Å². The number of hydrogen-bond donors (Lipinski definition) is 0. The van der Waals surface area contributed by atoms with E-state index in [0.717, 1.165) is 42.9 Å². The van der Waals surface area contributed by atoms with Crippen LogP contribution in [0.1, 0.15) is 51.7 Å². The van der Waals surface area contributed by atoms with Crippen molar-refractivity contribution in [1.29, 1.82) is 0 Å². The Morgan fingerprint density at radius 2 is 2.07 bits per heavy atom. The predicted molar refractivity (Wildman–Crippen MR) is 108 cm³/mol. The first-order valence-electron chi connectivity index (χ1n) is 9.93. The summed E-state index contributed by atoms with van der Waals surface area (Å²) in [5.74, 6) is 1.95. The lowest BCUT2D eigenvalue weighted by molar-refractivity contribution is 0.0712. The van der Waals surface area contributed by atoms with Gasteiger partial charge in [0.15, 0.2) is 0 Å². The molecule has 1 aliphatic rings. The lowest BCUT2D eigenvalue weighted by Crippen LogP contribution is -2.37. The quantitative estimate of drug-likeness (QED) is 0.661. The number of aromatic nitrogens is 3. The molecule has 1 fully saturated rings. The first-order valence-corrected chi connectivity index (χ1v) is 9.93. The van der Waals surface area contributed by atoms with Gasteiger partial charge in [-0.3, -0.25) is 9.48 Å². The molecule has 152 valence electrons. The SMILES string of the molecule is Cc1noc(C)c1COc1cccc(C(=O)N2CCC(c3cnn(C)c3)CC2)c1. The van der Waals surface area contributed by atoms with Gasteiger partial charge in [0, 0.05) is 31.9 Å². The van der Waals surface area contributed by atoms with E-state index in [2.05, 4.69) is 16.5 Å². The Hall–Kier alpha value is -3.09. The van der Waals surface area contributed by atoms with Crippen molar-refractivity contribution >= 4 is 5.91 Å². The van der Waals surface area contributed by atoms with Gasteiger partial charge in [-0.2, -0.15) is 5.10 Å². The van der Waals surface area contributed by atoms with Crippen LogP contribution in [0.3, 0.4) is 0 Å². The van der Waals surface area contributed by atoms with Gasteiger partial charge in [0.2, 0.25) is 0 Å². The van der Waals surface area contributed by atoms with Crippen molar-refractivity contribution < 1.29 is 14.1 Å². The molecule has 0 N–H and O–H groups in total. The predicted octanol–water partition coefficient (Wildman–Crippen LogP) is 3.62. The Morgan fingerprint density at radius 1 is 1.28 bits per heavy atom. The van der Waals surface area contributed by atoms with Crippen molar-refractivity contribution in [3.63, 3.8) is 0 Å². The highest BCUT2D eigenvalue weighted by molar-refractivity contribution is 5.94. The summed E-state index contributed by atoms with van der Waals surface area (Å²) >= 11 is 0. The van der Waals surface area contributed by atoms with Crippen LogP contribution in [-0.4, -0.2) is 38.8 Å². The molecule has 4 rings (SSSR count). The van der Waals surface area contributed by atoms with E-state index in [9.17, 15) is 4.79 Å². The lowest BCUT2D eigenvalue weighted by atomic mass is 9.91. The summed E-state index contributed by atoms with van der Waals surface area (Å²) in [6.07, 6.45) is 5.92. The highest BCUT2D eigenvalue weighted by Gasteiger charge is 2.25. The number of aryl methyl sites for hydroxylation is 3. The summed E-state index contributed by atoms with van der Waals surface area (Å²) in [7, 11) is 1.93. The third-order valence-corrected chi connectivity index (χ3v) is 5.62. The number of ether oxygens (including phenoxy) is 1. The van der Waals surface area contributed by atoms with Gasteiger partial charge in [0.05, 0.1) is 17.5 Å². The van der Waals surface area contributed by atoms with E-state index in [0.29, 0.717) is 23.8 Å². The number of carbonyl (C=O) groups excluding carboxylic acids is 1. The number of amides is 1. The maximum Gasteiger partial charge on any atom is 0.253 e. The standard InChI is InChI=1S/C22H26N4O3/c1-15-21(16(2)29-24-15)14-28-20-6-4-5-18(11-20)22(27)26-9-7-17(8-10-26)19-12-23-25(3)13-19/h4-6,11-13,17H,7-10,14H2,1-3H3. The fourth-order valence-electron chi connectivity index (χ4n) is 3.83. The average Bonchev–Trinajstić information content (AvgIpc) is 3.31. The topological polar surface area (TPSA) is 73.4 Å². The third-order valence-electron chi connectivity index (χ3n) is 5.62. The van der Waals surface area contributed by atoms with Crippen LogP contribution in [0.5, 0.6) is 5.75 Å². The molecule has 0 radical (unpaired) electrons. The molecule has 0 spiro atoms. The molecule has 7 heteroatoms. The van der Waals surface area contributed by atoms with Crippen molar-refractivity contribution in [3.8, 4) is 5.75 Å². The minimum atomic E-state index is 0.0532. The number of benzene rings is 1. The molecule has 1 aliphatic heterocycles. The van der Waals surface area contributed by atoms with E-state index in [1.807, 2.05) is 60.9 Å². The van der Waals surface area contributed by atoms with E-state index in [-0.39, 0.29) is 5.91 Å². The van der Waals surface area contributed by atoms with E-state index in [1.54, 1.807) is 0 Å². The number of piperidine rings is 1. The fourth-order valence-corrected chi connectivity index (χ4v) is 3.83. The van der Waals surface area contributed by atoms with E-state index in [4.69, 9.17) is 9.26 Å². The van der Waals surface area contributed by atoms with E-state index in [1.165, 1.54) is 5.56 Å². The molecular weight excluding hydrogens is 368 g/mol. The van der Waals surface area contributed by atoms with Crippen LogP contribution in [0.2, 0.25) is 0 Å². The summed E-state index contributed by atoms with van der Waals surface area (Å²) in [6, 6.07) is 7.38. The second-order valence-corrected chi connectivity index (χ2v) is 7.63. The number of carbonyl (C=O) groups is 1. The zero-order valence-electron chi connectivity index (χ0n) is 17.1. The molecule has 0 atom stereocenters. The molecule has 7 nitrogen and oxygen atoms in total. The first kappa shape index (κ1) is 19.2. The highest BCUT2D eigenvalue weighted by Crippen LogP contribution is 2.28. The molecule has 3 aromatic rings. The van der Waals surface area contributed by atoms with Crippen LogP contribution in [0.25, 0.3) is 0 Å². The number of likely N-dealkylation sites (tertiary alicyclic amines) is 1. The maximum atomic E-state index is 13.0. The minimum Gasteiger partial charge on any atom is -0.489 e. The smallest absolute Gasteiger partial charge is 0.253 e. The Balaban J connectivity index is 1.37. The number of hydrogen-bond acceptors (Lipinski definition) is 5. The monoisotopic (exact) mass is 394 g/mol. The van der Waals surface area contributed by atoms with Gasteiger partial charge < -0.3 is 14.2 Å². The largest absolute Gasteiger partial charge is 0.489 e. The summed E-state index contributed by atoms with van der Waals surface area (Å²) in [5, 5.41) is 8.21. The Labute approximate surface area is 170 Å². The number of nitrogens with zero attached hydrogens (tertiary/aromatic N) is 4. The Kier molecular flexibility index (Phi) is 5.38. The first-order chi connectivity index (χ1) is 14.0. The van der Waals surface area contributed by atoms with Crippen LogP contribution in [0, 0.1) is 13.8 Å². The van der Waals surface area contributed by atoms with Crippen molar-refractivity contribution in [2.24, 2.45) is 7.05 Å². The van der Waals surface area contributed by atoms with Crippen LogP contribution < -0.4 is 4.74 Å². The van der Waals surface area contributed by atoms with Gasteiger partial charge in [-0.1, -0.05) is 11.2 Å². The third kappa shape index (κ3) is 4.18. The van der Waals surface area contributed by atoms with Crippen LogP contribution in [-0.2, 0) is 13.7 Å². The zero-order valence-corrected chi connectivity index (χ0v) is 17.1. The van der Waals surface area contributed by atoms with E-state index < -0.39 is 0 Å². The summed E-state index contributed by atoms with van der Waals surface area (Å²) < 4.78 is 12.9. The lowest BCUT2D eigenvalue weighted by Gasteiger charge is -2.31. The average molecular weight is 394 g/mol. The molecule has 29 heavy (non-hydrogen) atoms. The normalized spacial score (nSPS) is 14.9. The Morgan fingerprint density at radius 3 is 2.72 bits per heavy atom. The van der Waals surface area contributed by atoms with Gasteiger partial charge in [-0.15, -0.1) is 0 Å². The minimum absolute atomic E-state index is 0.0532.